The summed E-state index contributed by atoms with van der Waals surface area (Å²) in [6.45, 7) is 10.2. The maximum absolute atomic E-state index is 9.34. The van der Waals surface area contributed by atoms with Gasteiger partial charge in [0, 0.05) is 52.4 Å². The predicted molar refractivity (Wildman–Crippen MR) is 175 cm³/mol. The summed E-state index contributed by atoms with van der Waals surface area (Å²) in [6.07, 6.45) is -5.37. The van der Waals surface area contributed by atoms with Gasteiger partial charge in [0.1, 0.15) is 0 Å². The number of carboxylic acid groups (broad SMARTS) is 4. The summed E-state index contributed by atoms with van der Waals surface area (Å²) in [5.74, 6) is -5.74. The van der Waals surface area contributed by atoms with E-state index in [0.717, 1.165) is 27.7 Å². The molecule has 53 heavy (non-hydrogen) atoms. The molecule has 24 nitrogen and oxygen atoms in total. The molecule has 4 atom stereocenters. The standard InChI is InChI=1S/4C4H11NO2.4C3H6O3.Zr/c4*6-3-1-5-2-4-7;4*1-2(4)3(5)6;/h4*5-7H,1-4H2;4*2,4H,1H3,(H,5,6);/q;;;;;;;;+4/p-4. The minimum atomic E-state index is -1.44. The largest absolute Gasteiger partial charge is 4.00 e. The molecule has 0 heterocycles. The molecule has 0 spiro atoms. The van der Waals surface area contributed by atoms with Gasteiger partial charge in [-0.1, -0.05) is 0 Å². The van der Waals surface area contributed by atoms with Gasteiger partial charge in [0.2, 0.25) is 0 Å². The number of aliphatic hydroxyl groups excluding tert-OH is 12. The van der Waals surface area contributed by atoms with Crippen LogP contribution in [-0.4, -0.2) is 215 Å². The van der Waals surface area contributed by atoms with Crippen molar-refractivity contribution in [1.29, 1.82) is 0 Å². The summed E-state index contributed by atoms with van der Waals surface area (Å²) in [5.41, 5.74) is 0. The first kappa shape index (κ1) is 72.4. The third kappa shape index (κ3) is 128. The van der Waals surface area contributed by atoms with E-state index < -0.39 is 48.3 Å². The van der Waals surface area contributed by atoms with Gasteiger partial charge in [-0.2, -0.15) is 0 Å². The van der Waals surface area contributed by atoms with E-state index >= 15 is 0 Å². The van der Waals surface area contributed by atoms with Crippen molar-refractivity contribution in [3.05, 3.63) is 0 Å². The number of rotatable bonds is 20. The zero-order valence-electron chi connectivity index (χ0n) is 30.8. The first-order chi connectivity index (χ1) is 24.2. The number of carbonyl (C=O) groups is 4. The SMILES string of the molecule is CC(O)C(=O)[O-].CC(O)C(=O)[O-].CC(O)C(=O)[O-].CC(O)C(=O)[O-].OCCNCCO.OCCNCCO.OCCNCCO.OCCNCCO.[Zr+4]. The van der Waals surface area contributed by atoms with E-state index in [2.05, 4.69) is 21.3 Å². The zero-order valence-corrected chi connectivity index (χ0v) is 33.2. The van der Waals surface area contributed by atoms with Gasteiger partial charge in [0.15, 0.2) is 0 Å². The van der Waals surface area contributed by atoms with Gasteiger partial charge in [0.25, 0.3) is 0 Å². The van der Waals surface area contributed by atoms with Crippen molar-refractivity contribution >= 4 is 23.9 Å². The van der Waals surface area contributed by atoms with Gasteiger partial charge in [-0.25, -0.2) is 0 Å². The van der Waals surface area contributed by atoms with Crippen LogP contribution < -0.4 is 41.7 Å². The molecule has 0 aliphatic rings. The van der Waals surface area contributed by atoms with Gasteiger partial charge >= 0.3 is 26.2 Å². The number of carbonyl (C=O) groups excluding carboxylic acids is 4. The first-order valence-corrected chi connectivity index (χ1v) is 15.5. The number of hydrogen-bond acceptors (Lipinski definition) is 24. The Morgan fingerprint density at radius 3 is 0.472 bits per heavy atom. The molecule has 25 heteroatoms. The van der Waals surface area contributed by atoms with Gasteiger partial charge in [-0.05, 0) is 27.7 Å². The Morgan fingerprint density at radius 1 is 0.358 bits per heavy atom. The van der Waals surface area contributed by atoms with Gasteiger partial charge < -0.3 is 122 Å². The number of aliphatic carboxylic acids is 4. The van der Waals surface area contributed by atoms with Crippen molar-refractivity contribution in [3.8, 4) is 0 Å². The summed E-state index contributed by atoms with van der Waals surface area (Å²) in [4.78, 5) is 37.4. The number of hydrogen-bond donors (Lipinski definition) is 16. The molecule has 0 aliphatic heterocycles. The van der Waals surface area contributed by atoms with Gasteiger partial charge in [-0.15, -0.1) is 0 Å². The van der Waals surface area contributed by atoms with Crippen molar-refractivity contribution in [2.75, 3.05) is 105 Å². The van der Waals surface area contributed by atoms with E-state index in [9.17, 15) is 39.6 Å². The molecule has 0 radical (unpaired) electrons. The molecular weight excluding hydrogens is 804 g/mol. The van der Waals surface area contributed by atoms with Crippen molar-refractivity contribution in [3.63, 3.8) is 0 Å². The topological polar surface area (TPSA) is 451 Å². The van der Waals surface area contributed by atoms with E-state index in [0.29, 0.717) is 52.4 Å². The maximum atomic E-state index is 9.34. The van der Waals surface area contributed by atoms with E-state index in [4.69, 9.17) is 61.3 Å². The monoisotopic (exact) mass is 866 g/mol. The fourth-order valence-corrected chi connectivity index (χ4v) is 1.13. The van der Waals surface area contributed by atoms with Gasteiger partial charge in [-0.3, -0.25) is 0 Å². The van der Waals surface area contributed by atoms with E-state index in [1.165, 1.54) is 0 Å². The molecule has 16 N–H and O–H groups in total. The summed E-state index contributed by atoms with van der Waals surface area (Å²) in [7, 11) is 0. The number of carboxylic acids is 4. The minimum absolute atomic E-state index is 0. The molecule has 0 amide bonds. The van der Waals surface area contributed by atoms with E-state index in [1.807, 2.05) is 0 Å². The summed E-state index contributed by atoms with van der Waals surface area (Å²) >= 11 is 0. The molecule has 0 fully saturated rings. The first-order valence-electron chi connectivity index (χ1n) is 15.5. The Balaban J connectivity index is -0.0000000595. The number of nitrogens with one attached hydrogen (secondary N) is 4. The average molecular weight is 868 g/mol. The molecular formula is C28H64N4O20Zr. The second-order valence-electron chi connectivity index (χ2n) is 8.77. The molecule has 0 bridgehead atoms. The van der Waals surface area contributed by atoms with E-state index in [1.54, 1.807) is 0 Å². The minimum Gasteiger partial charge on any atom is -0.547 e. The van der Waals surface area contributed by atoms with Crippen molar-refractivity contribution in [2.24, 2.45) is 0 Å². The summed E-state index contributed by atoms with van der Waals surface area (Å²) in [5, 5.41) is 146. The fraction of sp³-hybridized carbons (Fsp3) is 0.857. The molecule has 4 unspecified atom stereocenters. The molecule has 0 aromatic heterocycles. The van der Waals surface area contributed by atoms with Crippen LogP contribution in [-0.2, 0) is 45.4 Å². The maximum Gasteiger partial charge on any atom is 4.00 e. The van der Waals surface area contributed by atoms with Crippen LogP contribution in [0.1, 0.15) is 27.7 Å². The molecule has 0 saturated heterocycles. The average Bonchev–Trinajstić information content (AvgIpc) is 3.07. The summed E-state index contributed by atoms with van der Waals surface area (Å²) in [6, 6.07) is 0. The smallest absolute Gasteiger partial charge is 0.547 e. The van der Waals surface area contributed by atoms with Crippen LogP contribution in [0.25, 0.3) is 0 Å². The molecule has 0 aromatic carbocycles. The molecule has 0 rings (SSSR count). The van der Waals surface area contributed by atoms with Gasteiger partial charge in [0.05, 0.1) is 101 Å². The predicted octanol–water partition coefficient (Wildman–Crippen LogP) is -13.3. The van der Waals surface area contributed by atoms with Crippen LogP contribution in [0, 0.1) is 0 Å². The van der Waals surface area contributed by atoms with Crippen LogP contribution in [0.5, 0.6) is 0 Å². The third-order valence-electron chi connectivity index (χ3n) is 3.67. The molecule has 0 saturated carbocycles. The Morgan fingerprint density at radius 2 is 0.434 bits per heavy atom. The number of aliphatic hydroxyl groups is 12. The second-order valence-corrected chi connectivity index (χ2v) is 8.77. The van der Waals surface area contributed by atoms with Crippen LogP contribution in [0.15, 0.2) is 0 Å². The fourth-order valence-electron chi connectivity index (χ4n) is 1.13. The second kappa shape index (κ2) is 68.2. The van der Waals surface area contributed by atoms with E-state index in [-0.39, 0.29) is 79.1 Å². The van der Waals surface area contributed by atoms with Crippen LogP contribution in [0.4, 0.5) is 0 Å². The van der Waals surface area contributed by atoms with Crippen LogP contribution in [0.2, 0.25) is 0 Å². The Bertz CT molecular complexity index is 573. The van der Waals surface area contributed by atoms with Crippen LogP contribution >= 0.6 is 0 Å². The Hall–Kier alpha value is -1.88. The third-order valence-corrected chi connectivity index (χ3v) is 3.67. The molecule has 0 aromatic rings. The summed E-state index contributed by atoms with van der Waals surface area (Å²) < 4.78 is 0. The Kier molecular flexibility index (Phi) is 93.1. The normalized spacial score (nSPS) is 11.2. The van der Waals surface area contributed by atoms with Crippen molar-refractivity contribution in [1.82, 2.24) is 21.3 Å². The molecule has 320 valence electrons. The molecule has 0 aliphatic carbocycles. The Labute approximate surface area is 328 Å². The van der Waals surface area contributed by atoms with Crippen molar-refractivity contribution in [2.45, 2.75) is 52.1 Å². The zero-order chi connectivity index (χ0) is 42.8. The van der Waals surface area contributed by atoms with Crippen molar-refractivity contribution < 1.29 is 127 Å². The van der Waals surface area contributed by atoms with Crippen LogP contribution in [0.3, 0.4) is 0 Å². The quantitative estimate of drug-likeness (QED) is 0.0505.